The second kappa shape index (κ2) is 9.81. The topological polar surface area (TPSA) is 60.9 Å². The Morgan fingerprint density at radius 3 is 2.23 bits per heavy atom. The number of aliphatic carboxylic acids is 1. The Bertz CT molecular complexity index is 751. The lowest BCUT2D eigenvalue weighted by molar-refractivity contribution is -0.192. The molecule has 0 aliphatic carbocycles. The van der Waals surface area contributed by atoms with E-state index in [0.717, 1.165) is 32.6 Å². The summed E-state index contributed by atoms with van der Waals surface area (Å²) in [7, 11) is 0. The van der Waals surface area contributed by atoms with Gasteiger partial charge in [-0.05, 0) is 50.3 Å². The zero-order valence-corrected chi connectivity index (χ0v) is 17.8. The largest absolute Gasteiger partial charge is 0.490 e. The van der Waals surface area contributed by atoms with Gasteiger partial charge in [-0.15, -0.1) is 0 Å². The molecule has 1 aromatic rings. The minimum Gasteiger partial charge on any atom is -0.475 e. The molecular formula is C22H31F3N2O3. The number of aryl methyl sites for hydroxylation is 1. The summed E-state index contributed by atoms with van der Waals surface area (Å²) in [5, 5.41) is 7.12. The number of hydrogen-bond donors (Lipinski definition) is 1. The first kappa shape index (κ1) is 24.2. The van der Waals surface area contributed by atoms with Crippen molar-refractivity contribution in [3.05, 3.63) is 35.4 Å². The molecule has 1 amide bonds. The third-order valence-corrected chi connectivity index (χ3v) is 5.97. The molecule has 2 fully saturated rings. The van der Waals surface area contributed by atoms with Crippen LogP contribution in [0.1, 0.15) is 50.7 Å². The van der Waals surface area contributed by atoms with Gasteiger partial charge in [0.2, 0.25) is 5.91 Å². The van der Waals surface area contributed by atoms with E-state index in [1.54, 1.807) is 0 Å². The molecule has 3 rings (SSSR count). The van der Waals surface area contributed by atoms with E-state index in [0.29, 0.717) is 5.91 Å². The first-order chi connectivity index (χ1) is 14.0. The Morgan fingerprint density at radius 2 is 1.70 bits per heavy atom. The number of rotatable bonds is 3. The molecule has 0 saturated carbocycles. The third kappa shape index (κ3) is 5.97. The van der Waals surface area contributed by atoms with Crippen LogP contribution in [-0.2, 0) is 16.1 Å². The van der Waals surface area contributed by atoms with Crippen molar-refractivity contribution in [2.24, 2.45) is 5.92 Å². The van der Waals surface area contributed by atoms with Gasteiger partial charge in [0.15, 0.2) is 0 Å². The van der Waals surface area contributed by atoms with Crippen molar-refractivity contribution in [2.75, 3.05) is 19.6 Å². The molecule has 0 bridgehead atoms. The summed E-state index contributed by atoms with van der Waals surface area (Å²) in [6.45, 7) is 10.3. The summed E-state index contributed by atoms with van der Waals surface area (Å²) in [4.78, 5) is 26.2. The van der Waals surface area contributed by atoms with E-state index >= 15 is 0 Å². The Kier molecular flexibility index (Phi) is 7.91. The van der Waals surface area contributed by atoms with Gasteiger partial charge in [-0.1, -0.05) is 38.1 Å². The van der Waals surface area contributed by atoms with Gasteiger partial charge in [-0.25, -0.2) is 4.79 Å². The van der Waals surface area contributed by atoms with Gasteiger partial charge in [0, 0.05) is 31.1 Å². The third-order valence-electron chi connectivity index (χ3n) is 5.97. The van der Waals surface area contributed by atoms with Gasteiger partial charge in [-0.2, -0.15) is 13.2 Å². The molecule has 1 atom stereocenters. The van der Waals surface area contributed by atoms with Gasteiger partial charge in [-0.3, -0.25) is 9.69 Å². The van der Waals surface area contributed by atoms with Gasteiger partial charge >= 0.3 is 12.1 Å². The van der Waals surface area contributed by atoms with Gasteiger partial charge in [0.25, 0.3) is 0 Å². The number of hydrogen-bond acceptors (Lipinski definition) is 3. The molecule has 30 heavy (non-hydrogen) atoms. The molecular weight excluding hydrogens is 397 g/mol. The van der Waals surface area contributed by atoms with Crippen molar-refractivity contribution in [1.82, 2.24) is 9.80 Å². The minimum absolute atomic E-state index is 0.108. The maximum atomic E-state index is 12.5. The molecule has 8 heteroatoms. The van der Waals surface area contributed by atoms with Crippen LogP contribution in [0, 0.1) is 12.8 Å². The van der Waals surface area contributed by atoms with Crippen LogP contribution in [0.25, 0.3) is 0 Å². The predicted octanol–water partition coefficient (Wildman–Crippen LogP) is 4.24. The Morgan fingerprint density at radius 1 is 1.13 bits per heavy atom. The van der Waals surface area contributed by atoms with Crippen LogP contribution in [0.4, 0.5) is 13.2 Å². The number of likely N-dealkylation sites (tertiary alicyclic amines) is 2. The first-order valence-corrected chi connectivity index (χ1v) is 10.3. The van der Waals surface area contributed by atoms with Crippen molar-refractivity contribution < 1.29 is 27.9 Å². The predicted molar refractivity (Wildman–Crippen MR) is 108 cm³/mol. The lowest BCUT2D eigenvalue weighted by Crippen LogP contribution is -2.57. The molecule has 1 unspecified atom stereocenters. The van der Waals surface area contributed by atoms with E-state index in [9.17, 15) is 18.0 Å². The number of carbonyl (C=O) groups excluding carboxylic acids is 1. The van der Waals surface area contributed by atoms with Crippen molar-refractivity contribution in [2.45, 2.75) is 64.7 Å². The van der Waals surface area contributed by atoms with E-state index < -0.39 is 12.1 Å². The zero-order valence-electron chi connectivity index (χ0n) is 17.8. The Labute approximate surface area is 175 Å². The van der Waals surface area contributed by atoms with Crippen molar-refractivity contribution in [1.29, 1.82) is 0 Å². The molecule has 2 aliphatic heterocycles. The Balaban J connectivity index is 0.000000396. The smallest absolute Gasteiger partial charge is 0.475 e. The summed E-state index contributed by atoms with van der Waals surface area (Å²) in [5.74, 6) is -2.32. The normalized spacial score (nSPS) is 22.2. The first-order valence-electron chi connectivity index (χ1n) is 10.3. The highest BCUT2D eigenvalue weighted by Gasteiger charge is 2.45. The molecule has 0 aromatic heterocycles. The lowest BCUT2D eigenvalue weighted by Gasteiger charge is -2.46. The molecule has 5 nitrogen and oxygen atoms in total. The van der Waals surface area contributed by atoms with Crippen molar-refractivity contribution >= 4 is 11.9 Å². The monoisotopic (exact) mass is 428 g/mol. The lowest BCUT2D eigenvalue weighted by atomic mass is 9.85. The number of piperidine rings is 1. The fraction of sp³-hybridized carbons (Fsp3) is 0.636. The molecule has 2 heterocycles. The molecule has 1 aromatic carbocycles. The standard InChI is InChI=1S/C20H30N2O.C2HF3O2/c1-16(2)19(23)21-12-6-10-20(15-21)11-7-13-22(20)14-18-9-5-4-8-17(18)3;3-2(4,5)1(6)7/h4-5,8-9,16H,6-7,10-15H2,1-3H3;(H,6,7). The maximum absolute atomic E-state index is 12.5. The van der Waals surface area contributed by atoms with E-state index in [1.807, 2.05) is 13.8 Å². The molecule has 0 radical (unpaired) electrons. The minimum atomic E-state index is -5.08. The molecule has 1 N–H and O–H groups in total. The number of carboxylic acid groups (broad SMARTS) is 1. The SMILES string of the molecule is Cc1ccccc1CN1CCCC12CCCN(C(=O)C(C)C)C2.O=C(O)C(F)(F)F. The van der Waals surface area contributed by atoms with Crippen LogP contribution in [0.5, 0.6) is 0 Å². The number of alkyl halides is 3. The Hall–Kier alpha value is -2.09. The number of benzene rings is 1. The number of halogens is 3. The summed E-state index contributed by atoms with van der Waals surface area (Å²) >= 11 is 0. The van der Waals surface area contributed by atoms with Crippen LogP contribution < -0.4 is 0 Å². The molecule has 1 spiro atoms. The van der Waals surface area contributed by atoms with Crippen LogP contribution >= 0.6 is 0 Å². The highest BCUT2D eigenvalue weighted by atomic mass is 19.4. The van der Waals surface area contributed by atoms with Gasteiger partial charge in [0.1, 0.15) is 0 Å². The quantitative estimate of drug-likeness (QED) is 0.782. The fourth-order valence-electron chi connectivity index (χ4n) is 4.36. The molecule has 2 saturated heterocycles. The van der Waals surface area contributed by atoms with Crippen LogP contribution in [0.2, 0.25) is 0 Å². The summed E-state index contributed by atoms with van der Waals surface area (Å²) in [6, 6.07) is 8.71. The van der Waals surface area contributed by atoms with Crippen LogP contribution in [0.15, 0.2) is 24.3 Å². The van der Waals surface area contributed by atoms with Gasteiger partial charge < -0.3 is 10.0 Å². The second-order valence-electron chi connectivity index (χ2n) is 8.50. The summed E-state index contributed by atoms with van der Waals surface area (Å²) < 4.78 is 31.7. The average Bonchev–Trinajstić information content (AvgIpc) is 3.04. The van der Waals surface area contributed by atoms with E-state index in [4.69, 9.17) is 9.90 Å². The number of carboxylic acids is 1. The van der Waals surface area contributed by atoms with Crippen LogP contribution in [0.3, 0.4) is 0 Å². The van der Waals surface area contributed by atoms with E-state index in [-0.39, 0.29) is 11.5 Å². The highest BCUT2D eigenvalue weighted by molar-refractivity contribution is 5.78. The van der Waals surface area contributed by atoms with Gasteiger partial charge in [0.05, 0.1) is 0 Å². The van der Waals surface area contributed by atoms with E-state index in [1.165, 1.54) is 30.4 Å². The van der Waals surface area contributed by atoms with Crippen LogP contribution in [-0.4, -0.2) is 58.1 Å². The maximum Gasteiger partial charge on any atom is 0.490 e. The second-order valence-corrected chi connectivity index (χ2v) is 8.50. The summed E-state index contributed by atoms with van der Waals surface area (Å²) in [6.07, 6.45) is -0.208. The number of amides is 1. The summed E-state index contributed by atoms with van der Waals surface area (Å²) in [5.41, 5.74) is 3.02. The number of carbonyl (C=O) groups is 2. The zero-order chi connectivity index (χ0) is 22.5. The van der Waals surface area contributed by atoms with Crippen molar-refractivity contribution in [3.63, 3.8) is 0 Å². The molecule has 2 aliphatic rings. The highest BCUT2D eigenvalue weighted by Crippen LogP contribution is 2.38. The van der Waals surface area contributed by atoms with E-state index in [2.05, 4.69) is 41.0 Å². The number of nitrogens with zero attached hydrogens (tertiary/aromatic N) is 2. The average molecular weight is 428 g/mol. The fourth-order valence-corrected chi connectivity index (χ4v) is 4.36. The van der Waals surface area contributed by atoms with Crippen molar-refractivity contribution in [3.8, 4) is 0 Å². The molecule has 168 valence electrons.